The third-order valence-electron chi connectivity index (χ3n) is 6.20. The van der Waals surface area contributed by atoms with Crippen molar-refractivity contribution in [1.82, 2.24) is 9.97 Å². The highest BCUT2D eigenvalue weighted by molar-refractivity contribution is 6.04. The molecule has 0 unspecified atom stereocenters. The van der Waals surface area contributed by atoms with Crippen molar-refractivity contribution in [2.45, 2.75) is 24.7 Å². The molecule has 2 bridgehead atoms. The Balaban J connectivity index is 1.35. The number of carbonyl (C=O) groups is 1. The van der Waals surface area contributed by atoms with Crippen molar-refractivity contribution in [1.29, 1.82) is 0 Å². The normalized spacial score (nSPS) is 29.5. The average Bonchev–Trinajstić information content (AvgIpc) is 3.29. The van der Waals surface area contributed by atoms with Crippen LogP contribution in [0.25, 0.3) is 22.2 Å². The second-order valence-corrected chi connectivity index (χ2v) is 7.68. The zero-order chi connectivity index (χ0) is 18.7. The van der Waals surface area contributed by atoms with E-state index in [0.717, 1.165) is 28.6 Å². The summed E-state index contributed by atoms with van der Waals surface area (Å²) in [6.07, 6.45) is 8.81. The molecule has 2 fully saturated rings. The number of fused-ring (bicyclic) bond motifs is 6. The Morgan fingerprint density at radius 2 is 1.89 bits per heavy atom. The molecular weight excluding hydrogens is 352 g/mol. The van der Waals surface area contributed by atoms with Gasteiger partial charge in [0.1, 0.15) is 6.10 Å². The second-order valence-electron chi connectivity index (χ2n) is 7.68. The van der Waals surface area contributed by atoms with Crippen LogP contribution in [0.2, 0.25) is 0 Å². The molecule has 1 aliphatic carbocycles. The Morgan fingerprint density at radius 1 is 1.07 bits per heavy atom. The standard InChI is InChI=1S/C23H18N2O3/c26-23(28-21-12-16-19-5-6-20(27-19)22(16)21)15-11-18(13-7-9-24-10-8-13)25-17-4-2-1-3-14(15)17/h1-11,16,19-22H,12H2/t16-,19-,20+,21+,22-/m0/s1. The fourth-order valence-electron chi connectivity index (χ4n) is 4.77. The summed E-state index contributed by atoms with van der Waals surface area (Å²) in [5, 5.41) is 0.810. The highest BCUT2D eigenvalue weighted by Gasteiger charge is 2.58. The first-order chi connectivity index (χ1) is 13.8. The van der Waals surface area contributed by atoms with E-state index in [4.69, 9.17) is 14.5 Å². The maximum atomic E-state index is 13.1. The molecule has 28 heavy (non-hydrogen) atoms. The molecule has 1 saturated carbocycles. The van der Waals surface area contributed by atoms with Crippen LogP contribution in [-0.2, 0) is 9.47 Å². The number of nitrogens with zero attached hydrogens (tertiary/aromatic N) is 2. The van der Waals surface area contributed by atoms with Crippen LogP contribution >= 0.6 is 0 Å². The van der Waals surface area contributed by atoms with Crippen molar-refractivity contribution in [2.24, 2.45) is 11.8 Å². The molecule has 6 rings (SSSR count). The monoisotopic (exact) mass is 370 g/mol. The summed E-state index contributed by atoms with van der Waals surface area (Å²) in [5.41, 5.74) is 3.00. The van der Waals surface area contributed by atoms with Crippen LogP contribution in [0.4, 0.5) is 0 Å². The lowest BCUT2D eigenvalue weighted by Crippen LogP contribution is -2.48. The summed E-state index contributed by atoms with van der Waals surface area (Å²) >= 11 is 0. The molecule has 2 aromatic heterocycles. The van der Waals surface area contributed by atoms with Crippen LogP contribution < -0.4 is 0 Å². The Morgan fingerprint density at radius 3 is 2.75 bits per heavy atom. The van der Waals surface area contributed by atoms with E-state index >= 15 is 0 Å². The number of para-hydroxylation sites is 1. The summed E-state index contributed by atoms with van der Waals surface area (Å²) < 4.78 is 11.9. The summed E-state index contributed by atoms with van der Waals surface area (Å²) in [4.78, 5) is 21.9. The average molecular weight is 370 g/mol. The first kappa shape index (κ1) is 16.0. The number of aromatic nitrogens is 2. The van der Waals surface area contributed by atoms with Crippen molar-refractivity contribution in [3.05, 3.63) is 72.6 Å². The van der Waals surface area contributed by atoms with Crippen LogP contribution in [-0.4, -0.2) is 34.2 Å². The maximum Gasteiger partial charge on any atom is 0.339 e. The summed E-state index contributed by atoms with van der Waals surface area (Å²) in [7, 11) is 0. The lowest BCUT2D eigenvalue weighted by Gasteiger charge is -2.42. The molecule has 1 saturated heterocycles. The van der Waals surface area contributed by atoms with Gasteiger partial charge in [-0.1, -0.05) is 30.4 Å². The zero-order valence-electron chi connectivity index (χ0n) is 15.1. The maximum absolute atomic E-state index is 13.1. The topological polar surface area (TPSA) is 61.3 Å². The number of pyridine rings is 2. The lowest BCUT2D eigenvalue weighted by molar-refractivity contribution is -0.0493. The number of ether oxygens (including phenoxy) is 2. The minimum atomic E-state index is -0.288. The van der Waals surface area contributed by atoms with Crippen molar-refractivity contribution in [2.75, 3.05) is 0 Å². The first-order valence-corrected chi connectivity index (χ1v) is 9.63. The predicted molar refractivity (Wildman–Crippen MR) is 104 cm³/mol. The van der Waals surface area contributed by atoms with Gasteiger partial charge in [0, 0.05) is 35.2 Å². The molecule has 5 atom stereocenters. The summed E-state index contributed by atoms with van der Waals surface area (Å²) in [6.45, 7) is 0. The van der Waals surface area contributed by atoms with Gasteiger partial charge in [-0.25, -0.2) is 9.78 Å². The molecule has 0 N–H and O–H groups in total. The van der Waals surface area contributed by atoms with Gasteiger partial charge in [-0.15, -0.1) is 0 Å². The van der Waals surface area contributed by atoms with Gasteiger partial charge >= 0.3 is 5.97 Å². The van der Waals surface area contributed by atoms with Crippen molar-refractivity contribution < 1.29 is 14.3 Å². The van der Waals surface area contributed by atoms with Crippen LogP contribution in [0.15, 0.2) is 67.0 Å². The summed E-state index contributed by atoms with van der Waals surface area (Å²) in [6, 6.07) is 13.3. The van der Waals surface area contributed by atoms with E-state index in [-0.39, 0.29) is 24.3 Å². The van der Waals surface area contributed by atoms with E-state index in [1.54, 1.807) is 12.4 Å². The summed E-state index contributed by atoms with van der Waals surface area (Å²) in [5.74, 6) is 0.505. The number of carbonyl (C=O) groups excluding carboxylic acids is 1. The van der Waals surface area contributed by atoms with Crippen LogP contribution in [0, 0.1) is 11.8 Å². The molecule has 4 heterocycles. The van der Waals surface area contributed by atoms with E-state index in [9.17, 15) is 4.79 Å². The predicted octanol–water partition coefficient (Wildman–Crippen LogP) is 3.80. The minimum absolute atomic E-state index is 0.0752. The van der Waals surface area contributed by atoms with Crippen LogP contribution in [0.5, 0.6) is 0 Å². The Bertz CT molecular complexity index is 1110. The van der Waals surface area contributed by atoms with Crippen molar-refractivity contribution in [3.8, 4) is 11.3 Å². The van der Waals surface area contributed by atoms with Gasteiger partial charge in [0.15, 0.2) is 0 Å². The second kappa shape index (κ2) is 5.97. The van der Waals surface area contributed by atoms with Gasteiger partial charge in [0.2, 0.25) is 0 Å². The lowest BCUT2D eigenvalue weighted by atomic mass is 9.65. The molecule has 2 aliphatic heterocycles. The van der Waals surface area contributed by atoms with E-state index in [1.807, 2.05) is 42.5 Å². The van der Waals surface area contributed by atoms with Crippen LogP contribution in [0.1, 0.15) is 16.8 Å². The molecular formula is C23H18N2O3. The van der Waals surface area contributed by atoms with Crippen molar-refractivity contribution in [3.63, 3.8) is 0 Å². The quantitative estimate of drug-likeness (QED) is 0.518. The fraction of sp³-hybridized carbons (Fsp3) is 0.261. The molecule has 3 aromatic rings. The van der Waals surface area contributed by atoms with Gasteiger partial charge in [-0.3, -0.25) is 4.98 Å². The van der Waals surface area contributed by atoms with Crippen LogP contribution in [0.3, 0.4) is 0 Å². The number of benzene rings is 1. The van der Waals surface area contributed by atoms with E-state index < -0.39 is 0 Å². The SMILES string of the molecule is O=C(O[C@@H]1C[C@@H]2[C@H]1[C@H]1C=C[C@@H]2O1)c1cc(-c2ccncc2)nc2ccccc12. The van der Waals surface area contributed by atoms with E-state index in [2.05, 4.69) is 17.1 Å². The molecule has 1 aromatic carbocycles. The van der Waals surface area contributed by atoms with Crippen molar-refractivity contribution >= 4 is 16.9 Å². The Hall–Kier alpha value is -3.05. The molecule has 0 spiro atoms. The minimum Gasteiger partial charge on any atom is -0.458 e. The zero-order valence-corrected chi connectivity index (χ0v) is 15.1. The number of hydrogen-bond donors (Lipinski definition) is 0. The molecule has 0 amide bonds. The highest BCUT2D eigenvalue weighted by Crippen LogP contribution is 2.52. The third kappa shape index (κ3) is 2.33. The molecule has 5 heteroatoms. The van der Waals surface area contributed by atoms with Gasteiger partial charge in [-0.05, 0) is 30.7 Å². The number of esters is 1. The molecule has 0 radical (unpaired) electrons. The van der Waals surface area contributed by atoms with E-state index in [1.165, 1.54) is 0 Å². The number of rotatable bonds is 3. The Labute approximate surface area is 162 Å². The fourth-order valence-corrected chi connectivity index (χ4v) is 4.77. The largest absolute Gasteiger partial charge is 0.458 e. The van der Waals surface area contributed by atoms with Gasteiger partial charge < -0.3 is 9.47 Å². The highest BCUT2D eigenvalue weighted by atomic mass is 16.6. The Kier molecular flexibility index (Phi) is 3.40. The molecule has 5 nitrogen and oxygen atoms in total. The third-order valence-corrected chi connectivity index (χ3v) is 6.20. The molecule has 138 valence electrons. The molecule has 3 aliphatic rings. The first-order valence-electron chi connectivity index (χ1n) is 9.63. The number of hydrogen-bond acceptors (Lipinski definition) is 5. The van der Waals surface area contributed by atoms with Gasteiger partial charge in [0.05, 0.1) is 29.0 Å². The van der Waals surface area contributed by atoms with E-state index in [0.29, 0.717) is 17.4 Å². The van der Waals surface area contributed by atoms with Gasteiger partial charge in [-0.2, -0.15) is 0 Å². The smallest absolute Gasteiger partial charge is 0.339 e. The van der Waals surface area contributed by atoms with Gasteiger partial charge in [0.25, 0.3) is 0 Å².